The SMILES string of the molecule is COc1cccc2c1nc(C(F)F)n2-c1nc(NC2CCC(NS(C)(=O)=O)CC2)nc(N2CCOCC2)n1. The van der Waals surface area contributed by atoms with Gasteiger partial charge in [-0.15, -0.1) is 0 Å². The third-order valence-electron chi connectivity index (χ3n) is 6.64. The van der Waals surface area contributed by atoms with Gasteiger partial charge in [0.25, 0.3) is 6.43 Å². The number of hydrogen-bond acceptors (Lipinski definition) is 10. The van der Waals surface area contributed by atoms with Crippen molar-refractivity contribution in [1.29, 1.82) is 0 Å². The van der Waals surface area contributed by atoms with E-state index in [0.29, 0.717) is 69.2 Å². The zero-order chi connectivity index (χ0) is 26.9. The minimum absolute atomic E-state index is 0.0162. The van der Waals surface area contributed by atoms with Crippen LogP contribution in [0.4, 0.5) is 20.7 Å². The molecule has 1 aliphatic carbocycles. The molecule has 0 radical (unpaired) electrons. The van der Waals surface area contributed by atoms with Crippen LogP contribution in [-0.4, -0.2) is 84.7 Å². The predicted octanol–water partition coefficient (Wildman–Crippen LogP) is 2.27. The van der Waals surface area contributed by atoms with Gasteiger partial charge < -0.3 is 19.7 Å². The van der Waals surface area contributed by atoms with E-state index in [1.807, 2.05) is 4.90 Å². The zero-order valence-corrected chi connectivity index (χ0v) is 21.9. The fourth-order valence-electron chi connectivity index (χ4n) is 4.88. The van der Waals surface area contributed by atoms with Gasteiger partial charge in [0.2, 0.25) is 27.9 Å². The summed E-state index contributed by atoms with van der Waals surface area (Å²) >= 11 is 0. The highest BCUT2D eigenvalue weighted by Crippen LogP contribution is 2.32. The van der Waals surface area contributed by atoms with Crippen molar-refractivity contribution in [3.05, 3.63) is 24.0 Å². The standard InChI is InChI=1S/C23H30F2N8O4S/c1-36-17-5-3-4-16-18(17)27-20(19(24)25)33(16)23-29-21(28-22(30-23)32-10-12-37-13-11-32)26-14-6-8-15(9-7-14)31-38(2,34)35/h3-5,14-15,19,31H,6-13H2,1-2H3,(H,26,28,29,30). The number of nitrogens with zero attached hydrogens (tertiary/aromatic N) is 6. The van der Waals surface area contributed by atoms with Gasteiger partial charge in [-0.2, -0.15) is 15.0 Å². The van der Waals surface area contributed by atoms with Crippen LogP contribution in [0.5, 0.6) is 5.75 Å². The number of ether oxygens (including phenoxy) is 2. The quantitative estimate of drug-likeness (QED) is 0.428. The van der Waals surface area contributed by atoms with Crippen LogP contribution in [-0.2, 0) is 14.8 Å². The second kappa shape index (κ2) is 10.9. The van der Waals surface area contributed by atoms with Crippen LogP contribution in [0, 0.1) is 0 Å². The number of alkyl halides is 2. The Morgan fingerprint density at radius 1 is 1.03 bits per heavy atom. The van der Waals surface area contributed by atoms with Crippen LogP contribution in [0.15, 0.2) is 18.2 Å². The van der Waals surface area contributed by atoms with E-state index in [4.69, 9.17) is 9.47 Å². The number of nitrogens with one attached hydrogen (secondary N) is 2. The number of benzene rings is 1. The van der Waals surface area contributed by atoms with E-state index in [2.05, 4.69) is 30.0 Å². The summed E-state index contributed by atoms with van der Waals surface area (Å²) in [7, 11) is -1.83. The molecular formula is C23H30F2N8O4S. The first kappa shape index (κ1) is 26.4. The number of imidazole rings is 1. The highest BCUT2D eigenvalue weighted by molar-refractivity contribution is 7.88. The van der Waals surface area contributed by atoms with Gasteiger partial charge in [-0.25, -0.2) is 26.9 Å². The molecule has 2 N–H and O–H groups in total. The lowest BCUT2D eigenvalue weighted by Crippen LogP contribution is -2.40. The Morgan fingerprint density at radius 2 is 1.71 bits per heavy atom. The number of sulfonamides is 1. The first-order chi connectivity index (χ1) is 18.2. The highest BCUT2D eigenvalue weighted by Gasteiger charge is 2.27. The summed E-state index contributed by atoms with van der Waals surface area (Å²) in [5.74, 6) is 0.479. The van der Waals surface area contributed by atoms with Crippen molar-refractivity contribution in [1.82, 2.24) is 29.2 Å². The molecule has 3 aromatic rings. The molecule has 5 rings (SSSR count). The molecule has 1 saturated carbocycles. The lowest BCUT2D eigenvalue weighted by Gasteiger charge is -2.30. The molecule has 2 fully saturated rings. The molecule has 38 heavy (non-hydrogen) atoms. The van der Waals surface area contributed by atoms with E-state index >= 15 is 0 Å². The third-order valence-corrected chi connectivity index (χ3v) is 7.40. The maximum absolute atomic E-state index is 14.2. The molecular weight excluding hydrogens is 522 g/mol. The monoisotopic (exact) mass is 552 g/mol. The van der Waals surface area contributed by atoms with Crippen molar-refractivity contribution >= 4 is 33.0 Å². The predicted molar refractivity (Wildman–Crippen MR) is 137 cm³/mol. The molecule has 1 aliphatic heterocycles. The number of morpholine rings is 1. The topological polar surface area (TPSA) is 136 Å². The summed E-state index contributed by atoms with van der Waals surface area (Å²) in [6.07, 6.45) is 0.953. The molecule has 12 nitrogen and oxygen atoms in total. The average molecular weight is 553 g/mol. The molecule has 206 valence electrons. The van der Waals surface area contributed by atoms with Crippen molar-refractivity contribution < 1.29 is 26.7 Å². The number of hydrogen-bond donors (Lipinski definition) is 2. The summed E-state index contributed by atoms with van der Waals surface area (Å²) in [6, 6.07) is 4.87. The number of aromatic nitrogens is 5. The Labute approximate surface area is 218 Å². The van der Waals surface area contributed by atoms with E-state index in [1.54, 1.807) is 18.2 Å². The number of halogens is 2. The van der Waals surface area contributed by atoms with Gasteiger partial charge in [-0.05, 0) is 37.8 Å². The van der Waals surface area contributed by atoms with Crippen LogP contribution < -0.4 is 19.7 Å². The van der Waals surface area contributed by atoms with Crippen molar-refractivity contribution in [2.75, 3.05) is 49.9 Å². The molecule has 0 unspecified atom stereocenters. The molecule has 0 bridgehead atoms. The van der Waals surface area contributed by atoms with Gasteiger partial charge >= 0.3 is 0 Å². The maximum Gasteiger partial charge on any atom is 0.296 e. The molecule has 0 spiro atoms. The summed E-state index contributed by atoms with van der Waals surface area (Å²) in [5, 5.41) is 3.32. The first-order valence-electron chi connectivity index (χ1n) is 12.4. The molecule has 2 aliphatic rings. The van der Waals surface area contributed by atoms with E-state index in [9.17, 15) is 17.2 Å². The van der Waals surface area contributed by atoms with Crippen molar-refractivity contribution in [2.24, 2.45) is 0 Å². The number of rotatable bonds is 8. The number of anilines is 2. The van der Waals surface area contributed by atoms with Crippen LogP contribution in [0.2, 0.25) is 0 Å². The molecule has 1 aromatic carbocycles. The number of fused-ring (bicyclic) bond motifs is 1. The van der Waals surface area contributed by atoms with Gasteiger partial charge in [-0.3, -0.25) is 4.57 Å². The smallest absolute Gasteiger partial charge is 0.296 e. The van der Waals surface area contributed by atoms with E-state index in [-0.39, 0.29) is 29.5 Å². The Balaban J connectivity index is 1.51. The van der Waals surface area contributed by atoms with E-state index < -0.39 is 22.3 Å². The molecule has 3 heterocycles. The normalized spacial score (nSPS) is 20.7. The molecule has 0 atom stereocenters. The van der Waals surface area contributed by atoms with Gasteiger partial charge in [0, 0.05) is 25.2 Å². The van der Waals surface area contributed by atoms with E-state index in [0.717, 1.165) is 6.26 Å². The summed E-state index contributed by atoms with van der Waals surface area (Å²) in [4.78, 5) is 19.8. The Bertz CT molecular complexity index is 1390. The van der Waals surface area contributed by atoms with Gasteiger partial charge in [0.1, 0.15) is 11.3 Å². The van der Waals surface area contributed by atoms with Crippen molar-refractivity contribution in [3.8, 4) is 11.7 Å². The maximum atomic E-state index is 14.2. The molecule has 15 heteroatoms. The van der Waals surface area contributed by atoms with E-state index in [1.165, 1.54) is 11.7 Å². The van der Waals surface area contributed by atoms with Gasteiger partial charge in [-0.1, -0.05) is 6.07 Å². The van der Waals surface area contributed by atoms with Crippen molar-refractivity contribution in [3.63, 3.8) is 0 Å². The minimum atomic E-state index is -3.28. The van der Waals surface area contributed by atoms with Crippen LogP contribution in [0.3, 0.4) is 0 Å². The lowest BCUT2D eigenvalue weighted by atomic mass is 9.92. The van der Waals surface area contributed by atoms with Crippen molar-refractivity contribution in [2.45, 2.75) is 44.2 Å². The fraction of sp³-hybridized carbons (Fsp3) is 0.565. The Hall–Kier alpha value is -3.17. The third kappa shape index (κ3) is 5.78. The highest BCUT2D eigenvalue weighted by atomic mass is 32.2. The minimum Gasteiger partial charge on any atom is -0.494 e. The Kier molecular flexibility index (Phi) is 7.59. The molecule has 2 aromatic heterocycles. The second-order valence-electron chi connectivity index (χ2n) is 9.38. The summed E-state index contributed by atoms with van der Waals surface area (Å²) < 4.78 is 66.2. The average Bonchev–Trinajstić information content (AvgIpc) is 3.30. The lowest BCUT2D eigenvalue weighted by molar-refractivity contribution is 0.122. The second-order valence-corrected chi connectivity index (χ2v) is 11.2. The Morgan fingerprint density at radius 3 is 2.37 bits per heavy atom. The number of methoxy groups -OCH3 is 1. The largest absolute Gasteiger partial charge is 0.494 e. The zero-order valence-electron chi connectivity index (χ0n) is 21.1. The number of para-hydroxylation sites is 1. The summed E-state index contributed by atoms with van der Waals surface area (Å²) in [5.41, 5.74) is 0.668. The van der Waals surface area contributed by atoms with Gasteiger partial charge in [0.05, 0.1) is 32.1 Å². The van der Waals surface area contributed by atoms with Crippen LogP contribution >= 0.6 is 0 Å². The first-order valence-corrected chi connectivity index (χ1v) is 14.3. The van der Waals surface area contributed by atoms with Crippen LogP contribution in [0.1, 0.15) is 37.9 Å². The molecule has 1 saturated heterocycles. The fourth-order valence-corrected chi connectivity index (χ4v) is 5.72. The van der Waals surface area contributed by atoms with Crippen LogP contribution in [0.25, 0.3) is 17.0 Å². The summed E-state index contributed by atoms with van der Waals surface area (Å²) in [6.45, 7) is 2.08. The van der Waals surface area contributed by atoms with Gasteiger partial charge in [0.15, 0.2) is 5.82 Å². The molecule has 0 amide bonds.